The van der Waals surface area contributed by atoms with Crippen LogP contribution >= 0.6 is 11.3 Å². The SMILES string of the molecule is CCOC(=O)c1c(N/C(=N\S(=O)(=O)c2ccc(C)cc2)c2ccccc2)sc2c1CCCC2. The molecule has 0 bridgehead atoms. The van der Waals surface area contributed by atoms with Crippen molar-refractivity contribution in [1.82, 2.24) is 0 Å². The molecule has 1 aliphatic carbocycles. The molecule has 0 saturated heterocycles. The molecule has 0 atom stereocenters. The van der Waals surface area contributed by atoms with Gasteiger partial charge in [0.25, 0.3) is 10.0 Å². The Kier molecular flexibility index (Phi) is 6.95. The number of nitrogens with zero attached hydrogens (tertiary/aromatic N) is 1. The normalized spacial score (nSPS) is 13.9. The Hall–Kier alpha value is -2.97. The molecular weight excluding hydrogens is 456 g/mol. The molecule has 3 aromatic rings. The summed E-state index contributed by atoms with van der Waals surface area (Å²) in [6.07, 6.45) is 3.78. The first kappa shape index (κ1) is 23.2. The molecule has 4 rings (SSSR count). The molecule has 33 heavy (non-hydrogen) atoms. The Labute approximate surface area is 198 Å². The zero-order valence-corrected chi connectivity index (χ0v) is 20.3. The molecule has 0 amide bonds. The molecule has 0 radical (unpaired) electrons. The van der Waals surface area contributed by atoms with Gasteiger partial charge >= 0.3 is 5.97 Å². The summed E-state index contributed by atoms with van der Waals surface area (Å²) in [6, 6.07) is 15.6. The molecule has 1 aliphatic rings. The largest absolute Gasteiger partial charge is 0.462 e. The second-order valence-corrected chi connectivity index (χ2v) is 10.6. The number of anilines is 1. The number of nitrogens with one attached hydrogen (secondary N) is 1. The van der Waals surface area contributed by atoms with Gasteiger partial charge in [-0.2, -0.15) is 8.42 Å². The minimum atomic E-state index is -3.98. The fraction of sp³-hybridized carbons (Fsp3) is 0.280. The van der Waals surface area contributed by atoms with Gasteiger partial charge in [0.05, 0.1) is 17.1 Å². The van der Waals surface area contributed by atoms with Gasteiger partial charge in [0.15, 0.2) is 5.84 Å². The van der Waals surface area contributed by atoms with Gasteiger partial charge < -0.3 is 10.1 Å². The number of hydrogen-bond donors (Lipinski definition) is 1. The van der Waals surface area contributed by atoms with Gasteiger partial charge in [-0.1, -0.05) is 48.0 Å². The lowest BCUT2D eigenvalue weighted by Crippen LogP contribution is -2.18. The van der Waals surface area contributed by atoms with Crippen LogP contribution in [0.4, 0.5) is 5.00 Å². The van der Waals surface area contributed by atoms with Crippen molar-refractivity contribution in [3.05, 3.63) is 81.7 Å². The van der Waals surface area contributed by atoms with Crippen LogP contribution in [0.5, 0.6) is 0 Å². The average molecular weight is 483 g/mol. The number of esters is 1. The van der Waals surface area contributed by atoms with Crippen LogP contribution in [0.3, 0.4) is 0 Å². The number of amidine groups is 1. The molecule has 0 aliphatic heterocycles. The van der Waals surface area contributed by atoms with E-state index in [-0.39, 0.29) is 17.3 Å². The van der Waals surface area contributed by atoms with Crippen LogP contribution in [0.25, 0.3) is 0 Å². The maximum atomic E-state index is 13.1. The molecule has 0 saturated carbocycles. The minimum absolute atomic E-state index is 0.111. The summed E-state index contributed by atoms with van der Waals surface area (Å²) in [5.41, 5.74) is 3.06. The van der Waals surface area contributed by atoms with E-state index in [0.717, 1.165) is 41.7 Å². The van der Waals surface area contributed by atoms with E-state index in [4.69, 9.17) is 4.74 Å². The molecule has 0 unspecified atom stereocenters. The summed E-state index contributed by atoms with van der Waals surface area (Å²) in [7, 11) is -3.98. The van der Waals surface area contributed by atoms with E-state index in [0.29, 0.717) is 16.1 Å². The number of ether oxygens (including phenoxy) is 1. The highest BCUT2D eigenvalue weighted by atomic mass is 32.2. The summed E-state index contributed by atoms with van der Waals surface area (Å²) in [5, 5.41) is 3.76. The second kappa shape index (κ2) is 9.89. The number of rotatable bonds is 6. The number of sulfonamides is 1. The van der Waals surface area contributed by atoms with E-state index < -0.39 is 16.0 Å². The third kappa shape index (κ3) is 5.17. The minimum Gasteiger partial charge on any atom is -0.462 e. The van der Waals surface area contributed by atoms with Crippen LogP contribution in [0, 0.1) is 6.92 Å². The van der Waals surface area contributed by atoms with Crippen molar-refractivity contribution in [3.8, 4) is 0 Å². The average Bonchev–Trinajstić information content (AvgIpc) is 3.17. The molecule has 8 heteroatoms. The highest BCUT2D eigenvalue weighted by Gasteiger charge is 2.27. The van der Waals surface area contributed by atoms with Crippen molar-refractivity contribution in [1.29, 1.82) is 0 Å². The van der Waals surface area contributed by atoms with Crippen molar-refractivity contribution >= 4 is 38.2 Å². The summed E-state index contributed by atoms with van der Waals surface area (Å²) >= 11 is 1.48. The molecular formula is C25H26N2O4S2. The van der Waals surface area contributed by atoms with Crippen molar-refractivity contribution in [2.75, 3.05) is 11.9 Å². The third-order valence-corrected chi connectivity index (χ3v) is 7.96. The molecule has 2 aromatic carbocycles. The Morgan fingerprint density at radius 2 is 1.76 bits per heavy atom. The van der Waals surface area contributed by atoms with Crippen molar-refractivity contribution < 1.29 is 17.9 Å². The second-order valence-electron chi connectivity index (χ2n) is 7.85. The quantitative estimate of drug-likeness (QED) is 0.290. The monoisotopic (exact) mass is 482 g/mol. The van der Waals surface area contributed by atoms with Gasteiger partial charge in [-0.25, -0.2) is 4.79 Å². The molecule has 1 aromatic heterocycles. The van der Waals surface area contributed by atoms with E-state index in [9.17, 15) is 13.2 Å². The molecule has 1 N–H and O–H groups in total. The maximum Gasteiger partial charge on any atom is 0.341 e. The lowest BCUT2D eigenvalue weighted by Gasteiger charge is -2.13. The maximum absolute atomic E-state index is 13.1. The van der Waals surface area contributed by atoms with Gasteiger partial charge in [0.2, 0.25) is 0 Å². The molecule has 6 nitrogen and oxygen atoms in total. The zero-order chi connectivity index (χ0) is 23.4. The molecule has 0 spiro atoms. The number of hydrogen-bond acceptors (Lipinski definition) is 5. The van der Waals surface area contributed by atoms with Gasteiger partial charge in [-0.3, -0.25) is 0 Å². The van der Waals surface area contributed by atoms with E-state index in [1.807, 2.05) is 25.1 Å². The van der Waals surface area contributed by atoms with Gasteiger partial charge in [0, 0.05) is 10.4 Å². The number of carbonyl (C=O) groups is 1. The molecule has 0 fully saturated rings. The predicted octanol–water partition coefficient (Wildman–Crippen LogP) is 5.36. The first-order valence-electron chi connectivity index (χ1n) is 10.9. The Morgan fingerprint density at radius 3 is 2.45 bits per heavy atom. The lowest BCUT2D eigenvalue weighted by atomic mass is 9.95. The first-order valence-corrected chi connectivity index (χ1v) is 13.2. The van der Waals surface area contributed by atoms with E-state index >= 15 is 0 Å². The smallest absolute Gasteiger partial charge is 0.341 e. The Morgan fingerprint density at radius 1 is 1.06 bits per heavy atom. The number of thiophene rings is 1. The summed E-state index contributed by atoms with van der Waals surface area (Å²) in [5.74, 6) is -0.228. The number of fused-ring (bicyclic) bond motifs is 1. The Bertz CT molecular complexity index is 1280. The summed E-state index contributed by atoms with van der Waals surface area (Å²) in [4.78, 5) is 14.1. The summed E-state index contributed by atoms with van der Waals surface area (Å²) < 4.78 is 35.7. The predicted molar refractivity (Wildman–Crippen MR) is 132 cm³/mol. The Balaban J connectivity index is 1.81. The van der Waals surface area contributed by atoms with Crippen molar-refractivity contribution in [2.24, 2.45) is 4.40 Å². The molecule has 1 heterocycles. The van der Waals surface area contributed by atoms with E-state index in [1.165, 1.54) is 11.3 Å². The lowest BCUT2D eigenvalue weighted by molar-refractivity contribution is 0.0526. The topological polar surface area (TPSA) is 84.8 Å². The fourth-order valence-corrected chi connectivity index (χ4v) is 6.06. The first-order chi connectivity index (χ1) is 15.9. The zero-order valence-electron chi connectivity index (χ0n) is 18.6. The van der Waals surface area contributed by atoms with Crippen LogP contribution in [-0.2, 0) is 27.6 Å². The number of aryl methyl sites for hydroxylation is 2. The van der Waals surface area contributed by atoms with Crippen LogP contribution in [0.1, 0.15) is 51.7 Å². The van der Waals surface area contributed by atoms with Gasteiger partial charge in [-0.15, -0.1) is 15.7 Å². The van der Waals surface area contributed by atoms with Gasteiger partial charge in [0.1, 0.15) is 5.00 Å². The van der Waals surface area contributed by atoms with E-state index in [2.05, 4.69) is 9.71 Å². The van der Waals surface area contributed by atoms with Crippen LogP contribution in [0.15, 0.2) is 63.9 Å². The van der Waals surface area contributed by atoms with Crippen LogP contribution in [-0.4, -0.2) is 26.8 Å². The highest BCUT2D eigenvalue weighted by molar-refractivity contribution is 7.90. The van der Waals surface area contributed by atoms with Crippen molar-refractivity contribution in [3.63, 3.8) is 0 Å². The fourth-order valence-electron chi connectivity index (χ4n) is 3.81. The summed E-state index contributed by atoms with van der Waals surface area (Å²) in [6.45, 7) is 3.94. The molecule has 172 valence electrons. The third-order valence-electron chi connectivity index (χ3n) is 5.46. The van der Waals surface area contributed by atoms with Crippen LogP contribution < -0.4 is 5.32 Å². The number of carbonyl (C=O) groups excluding carboxylic acids is 1. The standard InChI is InChI=1S/C25H26N2O4S2/c1-3-31-25(28)22-20-11-7-8-12-21(20)32-24(22)26-23(18-9-5-4-6-10-18)27-33(29,30)19-15-13-17(2)14-16-19/h4-6,9-10,13-16H,3,7-8,11-12H2,1-2H3,(H,26,27). The van der Waals surface area contributed by atoms with Gasteiger partial charge in [-0.05, 0) is 57.2 Å². The highest BCUT2D eigenvalue weighted by Crippen LogP contribution is 2.39. The van der Waals surface area contributed by atoms with E-state index in [1.54, 1.807) is 43.3 Å². The van der Waals surface area contributed by atoms with Crippen LogP contribution in [0.2, 0.25) is 0 Å². The van der Waals surface area contributed by atoms with Crippen molar-refractivity contribution in [2.45, 2.75) is 44.4 Å². The number of benzene rings is 2.